The lowest BCUT2D eigenvalue weighted by Gasteiger charge is -2.22. The van der Waals surface area contributed by atoms with E-state index in [4.69, 9.17) is 0 Å². The number of nitrogens with zero attached hydrogens (tertiary/aromatic N) is 2. The number of amides is 1. The van der Waals surface area contributed by atoms with Gasteiger partial charge in [-0.25, -0.2) is 4.98 Å². The van der Waals surface area contributed by atoms with Gasteiger partial charge in [0.1, 0.15) is 5.82 Å². The quantitative estimate of drug-likeness (QED) is 0.792. The van der Waals surface area contributed by atoms with Gasteiger partial charge in [0.05, 0.1) is 5.25 Å². The molecule has 1 aromatic rings. The molecule has 0 aromatic carbocycles. The maximum atomic E-state index is 12.1. The van der Waals surface area contributed by atoms with Gasteiger partial charge in [0.15, 0.2) is 0 Å². The Morgan fingerprint density at radius 1 is 1.33 bits per heavy atom. The largest absolute Gasteiger partial charge is 0.355 e. The molecular formula is C15H26N4OS. The summed E-state index contributed by atoms with van der Waals surface area (Å²) in [6, 6.07) is 0. The Hall–Kier alpha value is -1.04. The Balaban J connectivity index is 1.75. The highest BCUT2D eigenvalue weighted by Crippen LogP contribution is 2.24. The first kappa shape index (κ1) is 16.3. The minimum absolute atomic E-state index is 0.0847. The summed E-state index contributed by atoms with van der Waals surface area (Å²) in [6.07, 6.45) is 6.46. The number of hydrogen-bond donors (Lipinski definition) is 2. The average Bonchev–Trinajstić information content (AvgIpc) is 2.94. The van der Waals surface area contributed by atoms with Gasteiger partial charge in [-0.2, -0.15) is 0 Å². The van der Waals surface area contributed by atoms with Gasteiger partial charge >= 0.3 is 0 Å². The Kier molecular flexibility index (Phi) is 6.08. The van der Waals surface area contributed by atoms with Crippen molar-refractivity contribution in [2.24, 2.45) is 5.92 Å². The van der Waals surface area contributed by atoms with Gasteiger partial charge in [-0.1, -0.05) is 44.9 Å². The zero-order valence-corrected chi connectivity index (χ0v) is 14.0. The van der Waals surface area contributed by atoms with Crippen molar-refractivity contribution in [2.75, 3.05) is 6.54 Å². The molecule has 0 aliphatic heterocycles. The standard InChI is InChI=1S/C15H26N4OS/c1-10(2)13-17-15(19-18-13)21-11(3)14(20)16-9-12-7-5-4-6-8-12/h10-12H,4-9H2,1-3H3,(H,16,20)(H,17,18,19). The van der Waals surface area contributed by atoms with Crippen LogP contribution in [-0.2, 0) is 4.79 Å². The van der Waals surface area contributed by atoms with E-state index in [1.54, 1.807) is 0 Å². The van der Waals surface area contributed by atoms with Crippen LogP contribution in [0, 0.1) is 5.92 Å². The molecule has 2 rings (SSSR count). The molecule has 0 radical (unpaired) electrons. The maximum Gasteiger partial charge on any atom is 0.233 e. The molecule has 1 aliphatic rings. The number of hydrogen-bond acceptors (Lipinski definition) is 4. The van der Waals surface area contributed by atoms with E-state index in [9.17, 15) is 4.79 Å². The average molecular weight is 310 g/mol. The molecule has 1 saturated carbocycles. The fourth-order valence-electron chi connectivity index (χ4n) is 2.56. The van der Waals surface area contributed by atoms with Crippen molar-refractivity contribution in [3.8, 4) is 0 Å². The summed E-state index contributed by atoms with van der Waals surface area (Å²) in [7, 11) is 0. The summed E-state index contributed by atoms with van der Waals surface area (Å²) in [4.78, 5) is 16.5. The van der Waals surface area contributed by atoms with E-state index in [1.807, 2.05) is 6.92 Å². The number of rotatable bonds is 6. The summed E-state index contributed by atoms with van der Waals surface area (Å²) in [5.74, 6) is 1.94. The van der Waals surface area contributed by atoms with E-state index >= 15 is 0 Å². The number of aromatic amines is 1. The highest BCUT2D eigenvalue weighted by molar-refractivity contribution is 8.00. The molecule has 1 aromatic heterocycles. The van der Waals surface area contributed by atoms with E-state index in [-0.39, 0.29) is 11.2 Å². The number of aromatic nitrogens is 3. The summed E-state index contributed by atoms with van der Waals surface area (Å²) in [5, 5.41) is 10.6. The fraction of sp³-hybridized carbons (Fsp3) is 0.800. The molecule has 1 unspecified atom stereocenters. The second-order valence-electron chi connectivity index (χ2n) is 6.17. The van der Waals surface area contributed by atoms with Crippen LogP contribution in [0.4, 0.5) is 0 Å². The third-order valence-corrected chi connectivity index (χ3v) is 4.93. The first-order chi connectivity index (χ1) is 10.1. The minimum Gasteiger partial charge on any atom is -0.355 e. The molecule has 21 heavy (non-hydrogen) atoms. The Labute approximate surface area is 131 Å². The molecule has 118 valence electrons. The van der Waals surface area contributed by atoms with Gasteiger partial charge in [0.2, 0.25) is 11.1 Å². The van der Waals surface area contributed by atoms with Crippen molar-refractivity contribution in [2.45, 2.75) is 69.2 Å². The lowest BCUT2D eigenvalue weighted by atomic mass is 9.89. The molecule has 1 heterocycles. The first-order valence-corrected chi connectivity index (χ1v) is 8.81. The van der Waals surface area contributed by atoms with E-state index in [0.29, 0.717) is 17.0 Å². The Bertz CT molecular complexity index is 454. The second kappa shape index (κ2) is 7.82. The zero-order chi connectivity index (χ0) is 15.2. The number of thioether (sulfide) groups is 1. The van der Waals surface area contributed by atoms with Gasteiger partial charge in [-0.15, -0.1) is 5.10 Å². The van der Waals surface area contributed by atoms with Crippen LogP contribution in [0.3, 0.4) is 0 Å². The van der Waals surface area contributed by atoms with E-state index < -0.39 is 0 Å². The zero-order valence-electron chi connectivity index (χ0n) is 13.2. The lowest BCUT2D eigenvalue weighted by molar-refractivity contribution is -0.120. The smallest absolute Gasteiger partial charge is 0.233 e. The SMILES string of the molecule is CC(Sc1n[nH]c(C(C)C)n1)C(=O)NCC1CCCCC1. The predicted octanol–water partition coefficient (Wildman–Crippen LogP) is 3.11. The molecule has 0 saturated heterocycles. The topological polar surface area (TPSA) is 70.7 Å². The molecule has 0 bridgehead atoms. The molecule has 1 fully saturated rings. The van der Waals surface area contributed by atoms with Gasteiger partial charge in [0, 0.05) is 12.5 Å². The van der Waals surface area contributed by atoms with Crippen molar-refractivity contribution in [3.63, 3.8) is 0 Å². The van der Waals surface area contributed by atoms with Crippen molar-refractivity contribution in [1.82, 2.24) is 20.5 Å². The van der Waals surface area contributed by atoms with E-state index in [1.165, 1.54) is 43.9 Å². The van der Waals surface area contributed by atoms with E-state index in [2.05, 4.69) is 34.3 Å². The van der Waals surface area contributed by atoms with Crippen LogP contribution >= 0.6 is 11.8 Å². The van der Waals surface area contributed by atoms with Crippen molar-refractivity contribution >= 4 is 17.7 Å². The van der Waals surface area contributed by atoms with Crippen LogP contribution in [0.5, 0.6) is 0 Å². The van der Waals surface area contributed by atoms with Gasteiger partial charge in [-0.05, 0) is 25.7 Å². The third kappa shape index (κ3) is 5.02. The first-order valence-electron chi connectivity index (χ1n) is 7.93. The third-order valence-electron chi connectivity index (χ3n) is 3.97. The van der Waals surface area contributed by atoms with Crippen LogP contribution in [-0.4, -0.2) is 32.9 Å². The van der Waals surface area contributed by atoms with Crippen molar-refractivity contribution in [1.29, 1.82) is 0 Å². The van der Waals surface area contributed by atoms with Gasteiger partial charge < -0.3 is 5.32 Å². The van der Waals surface area contributed by atoms with E-state index in [0.717, 1.165) is 12.4 Å². The Morgan fingerprint density at radius 3 is 2.67 bits per heavy atom. The van der Waals surface area contributed by atoms with Crippen LogP contribution in [0.1, 0.15) is 64.6 Å². The number of carbonyl (C=O) groups is 1. The highest BCUT2D eigenvalue weighted by atomic mass is 32.2. The molecular weight excluding hydrogens is 284 g/mol. The molecule has 1 amide bonds. The summed E-state index contributed by atoms with van der Waals surface area (Å²) in [6.45, 7) is 6.85. The second-order valence-corrected chi connectivity index (χ2v) is 7.48. The highest BCUT2D eigenvalue weighted by Gasteiger charge is 2.19. The fourth-order valence-corrected chi connectivity index (χ4v) is 3.32. The van der Waals surface area contributed by atoms with Crippen LogP contribution in [0.2, 0.25) is 0 Å². The molecule has 1 atom stereocenters. The summed E-state index contributed by atoms with van der Waals surface area (Å²) in [5.41, 5.74) is 0. The summed E-state index contributed by atoms with van der Waals surface area (Å²) < 4.78 is 0. The van der Waals surface area contributed by atoms with Crippen molar-refractivity contribution < 1.29 is 4.79 Å². The van der Waals surface area contributed by atoms with Gasteiger partial charge in [0.25, 0.3) is 0 Å². The predicted molar refractivity (Wildman–Crippen MR) is 85.4 cm³/mol. The number of carbonyl (C=O) groups excluding carboxylic acids is 1. The van der Waals surface area contributed by atoms with Crippen molar-refractivity contribution in [3.05, 3.63) is 5.82 Å². The Morgan fingerprint density at radius 2 is 2.05 bits per heavy atom. The minimum atomic E-state index is -0.163. The molecule has 5 nitrogen and oxygen atoms in total. The monoisotopic (exact) mass is 310 g/mol. The summed E-state index contributed by atoms with van der Waals surface area (Å²) >= 11 is 1.41. The number of nitrogens with one attached hydrogen (secondary N) is 2. The number of H-pyrrole nitrogens is 1. The van der Waals surface area contributed by atoms with Crippen LogP contribution < -0.4 is 5.32 Å². The molecule has 1 aliphatic carbocycles. The maximum absolute atomic E-state index is 12.1. The van der Waals surface area contributed by atoms with Crippen LogP contribution in [0.25, 0.3) is 0 Å². The molecule has 2 N–H and O–H groups in total. The molecule has 6 heteroatoms. The lowest BCUT2D eigenvalue weighted by Crippen LogP contribution is -2.35. The van der Waals surface area contributed by atoms with Crippen LogP contribution in [0.15, 0.2) is 5.16 Å². The normalized spacial score (nSPS) is 17.9. The molecule has 0 spiro atoms. The van der Waals surface area contributed by atoms with Gasteiger partial charge in [-0.3, -0.25) is 9.89 Å².